The number of aryl methyl sites for hydroxylation is 1. The van der Waals surface area contributed by atoms with Crippen molar-refractivity contribution in [2.45, 2.75) is 105 Å². The highest BCUT2D eigenvalue weighted by Crippen LogP contribution is 2.41. The summed E-state index contributed by atoms with van der Waals surface area (Å²) < 4.78 is 0. The van der Waals surface area contributed by atoms with Crippen LogP contribution < -0.4 is 0 Å². The molecule has 5 nitrogen and oxygen atoms in total. The zero-order valence-corrected chi connectivity index (χ0v) is 19.6. The predicted molar refractivity (Wildman–Crippen MR) is 121 cm³/mol. The molecule has 0 bridgehead atoms. The summed E-state index contributed by atoms with van der Waals surface area (Å²) in [6.45, 7) is 10.2. The van der Waals surface area contributed by atoms with E-state index in [4.69, 9.17) is 0 Å². The van der Waals surface area contributed by atoms with Gasteiger partial charge in [-0.2, -0.15) is 0 Å². The summed E-state index contributed by atoms with van der Waals surface area (Å²) in [5, 5.41) is 39.4. The van der Waals surface area contributed by atoms with Gasteiger partial charge in [0.2, 0.25) is 5.75 Å². The summed E-state index contributed by atoms with van der Waals surface area (Å²) in [7, 11) is 0. The Labute approximate surface area is 182 Å². The lowest BCUT2D eigenvalue weighted by molar-refractivity contribution is -0.147. The van der Waals surface area contributed by atoms with E-state index in [0.29, 0.717) is 24.7 Å². The first-order valence-electron chi connectivity index (χ1n) is 11.3. The predicted octanol–water partition coefficient (Wildman–Crippen LogP) is 6.56. The average molecular weight is 423 g/mol. The number of phenolic OH excluding ortho intramolecular Hbond substituents is 3. The molecule has 1 rings (SSSR count). The molecule has 0 spiro atoms. The lowest BCUT2D eigenvalue weighted by Crippen LogP contribution is -2.23. The number of aromatic hydroxyl groups is 3. The number of carbonyl (C=O) groups is 1. The number of benzene rings is 1. The van der Waals surface area contributed by atoms with E-state index in [9.17, 15) is 25.2 Å². The molecule has 0 aliphatic carbocycles. The summed E-state index contributed by atoms with van der Waals surface area (Å²) in [6.07, 6.45) is 10.1. The van der Waals surface area contributed by atoms with Crippen molar-refractivity contribution in [2.24, 2.45) is 10.8 Å². The van der Waals surface area contributed by atoms with Gasteiger partial charge in [-0.1, -0.05) is 52.9 Å². The first-order valence-corrected chi connectivity index (χ1v) is 11.3. The maximum Gasteiger partial charge on any atom is 0.309 e. The number of unbranched alkanes of at least 4 members (excludes halogenated alkanes) is 5. The Morgan fingerprint density at radius 2 is 1.30 bits per heavy atom. The highest BCUT2D eigenvalue weighted by molar-refractivity contribution is 5.73. The Balaban J connectivity index is 2.59. The minimum atomic E-state index is -0.777. The first kappa shape index (κ1) is 26.1. The monoisotopic (exact) mass is 422 g/mol. The lowest BCUT2D eigenvalue weighted by Gasteiger charge is -2.19. The maximum atomic E-state index is 11.2. The van der Waals surface area contributed by atoms with Crippen LogP contribution in [0.1, 0.15) is 104 Å². The van der Waals surface area contributed by atoms with Crippen molar-refractivity contribution < 1.29 is 25.2 Å². The van der Waals surface area contributed by atoms with Crippen LogP contribution >= 0.6 is 0 Å². The number of carboxylic acid groups (broad SMARTS) is 1. The highest BCUT2D eigenvalue weighted by atomic mass is 16.4. The summed E-state index contributed by atoms with van der Waals surface area (Å²) in [5.74, 6) is -1.71. The smallest absolute Gasteiger partial charge is 0.309 e. The van der Waals surface area contributed by atoms with Gasteiger partial charge in [0.1, 0.15) is 0 Å². The van der Waals surface area contributed by atoms with Crippen LogP contribution in [0.5, 0.6) is 17.2 Å². The minimum Gasteiger partial charge on any atom is -0.504 e. The van der Waals surface area contributed by atoms with E-state index in [2.05, 4.69) is 20.8 Å². The molecular weight excluding hydrogens is 380 g/mol. The first-order chi connectivity index (χ1) is 13.8. The molecule has 4 N–H and O–H groups in total. The van der Waals surface area contributed by atoms with Crippen molar-refractivity contribution in [3.8, 4) is 17.2 Å². The summed E-state index contributed by atoms with van der Waals surface area (Å²) in [4.78, 5) is 11.2. The van der Waals surface area contributed by atoms with Crippen molar-refractivity contribution >= 4 is 5.97 Å². The molecule has 30 heavy (non-hydrogen) atoms. The second kappa shape index (κ2) is 11.5. The number of aliphatic carboxylic acids is 1. The van der Waals surface area contributed by atoms with Crippen LogP contribution in [0.2, 0.25) is 0 Å². The molecule has 0 saturated carbocycles. The molecule has 0 saturated heterocycles. The Kier molecular flexibility index (Phi) is 9.99. The summed E-state index contributed by atoms with van der Waals surface area (Å²) >= 11 is 0. The number of hydrogen-bond donors (Lipinski definition) is 4. The third-order valence-corrected chi connectivity index (χ3v) is 5.88. The Hall–Kier alpha value is -1.91. The van der Waals surface area contributed by atoms with Gasteiger partial charge in [0.05, 0.1) is 5.41 Å². The molecule has 0 amide bonds. The van der Waals surface area contributed by atoms with Crippen molar-refractivity contribution in [3.63, 3.8) is 0 Å². The van der Waals surface area contributed by atoms with Crippen molar-refractivity contribution in [1.82, 2.24) is 0 Å². The molecule has 0 fully saturated rings. The Morgan fingerprint density at radius 1 is 0.767 bits per heavy atom. The summed E-state index contributed by atoms with van der Waals surface area (Å²) in [6, 6.07) is 1.56. The zero-order valence-electron chi connectivity index (χ0n) is 19.6. The van der Waals surface area contributed by atoms with Crippen LogP contribution in [0.3, 0.4) is 0 Å². The van der Waals surface area contributed by atoms with Crippen molar-refractivity contribution in [1.29, 1.82) is 0 Å². The third kappa shape index (κ3) is 8.85. The van der Waals surface area contributed by atoms with Gasteiger partial charge in [0.25, 0.3) is 0 Å². The molecule has 1 aromatic rings. The fourth-order valence-corrected chi connectivity index (χ4v) is 3.72. The molecule has 0 heterocycles. The normalized spacial score (nSPS) is 12.3. The molecule has 0 aliphatic rings. The second-order valence-corrected chi connectivity index (χ2v) is 10.5. The maximum absolute atomic E-state index is 11.2. The molecule has 0 atom stereocenters. The molecule has 0 aliphatic heterocycles. The number of rotatable bonds is 13. The van der Waals surface area contributed by atoms with E-state index in [-0.39, 0.29) is 11.5 Å². The standard InChI is InChI=1S/C25H42O5/c1-24(2,3)15-11-7-6-10-14-19-18(17-20(26)22(28)21(19)27)13-9-8-12-16-25(4,5)23(29)30/h17,26-28H,6-16H2,1-5H3,(H,29,30). The average Bonchev–Trinajstić information content (AvgIpc) is 2.63. The number of phenols is 3. The third-order valence-electron chi connectivity index (χ3n) is 5.88. The molecular formula is C25H42O5. The number of hydrogen-bond acceptors (Lipinski definition) is 4. The molecule has 172 valence electrons. The van der Waals surface area contributed by atoms with Gasteiger partial charge in [-0.3, -0.25) is 4.79 Å². The quantitative estimate of drug-likeness (QED) is 0.213. The largest absolute Gasteiger partial charge is 0.504 e. The van der Waals surface area contributed by atoms with Crippen LogP contribution in [-0.4, -0.2) is 26.4 Å². The van der Waals surface area contributed by atoms with E-state index in [1.807, 2.05) is 0 Å². The van der Waals surface area contributed by atoms with Gasteiger partial charge in [0, 0.05) is 5.56 Å². The van der Waals surface area contributed by atoms with Gasteiger partial charge in [-0.15, -0.1) is 0 Å². The van der Waals surface area contributed by atoms with E-state index < -0.39 is 17.1 Å². The van der Waals surface area contributed by atoms with E-state index >= 15 is 0 Å². The molecule has 0 unspecified atom stereocenters. The highest BCUT2D eigenvalue weighted by Gasteiger charge is 2.26. The van der Waals surface area contributed by atoms with Crippen molar-refractivity contribution in [2.75, 3.05) is 0 Å². The zero-order chi connectivity index (χ0) is 22.9. The molecule has 5 heteroatoms. The van der Waals surface area contributed by atoms with Crippen LogP contribution in [0.25, 0.3) is 0 Å². The van der Waals surface area contributed by atoms with Gasteiger partial charge in [0.15, 0.2) is 11.5 Å². The van der Waals surface area contributed by atoms with Crippen LogP contribution in [-0.2, 0) is 17.6 Å². The Bertz CT molecular complexity index is 686. The van der Waals surface area contributed by atoms with E-state index in [1.54, 1.807) is 19.9 Å². The van der Waals surface area contributed by atoms with Gasteiger partial charge >= 0.3 is 5.97 Å². The minimum absolute atomic E-state index is 0.202. The fraction of sp³-hybridized carbons (Fsp3) is 0.720. The molecule has 0 aromatic heterocycles. The van der Waals surface area contributed by atoms with Gasteiger partial charge < -0.3 is 20.4 Å². The second-order valence-electron chi connectivity index (χ2n) is 10.5. The van der Waals surface area contributed by atoms with Crippen LogP contribution in [0, 0.1) is 10.8 Å². The van der Waals surface area contributed by atoms with E-state index in [0.717, 1.165) is 49.7 Å². The van der Waals surface area contributed by atoms with Crippen LogP contribution in [0.15, 0.2) is 6.07 Å². The summed E-state index contributed by atoms with van der Waals surface area (Å²) in [5.41, 5.74) is 1.24. The van der Waals surface area contributed by atoms with E-state index in [1.165, 1.54) is 12.8 Å². The van der Waals surface area contributed by atoms with Gasteiger partial charge in [-0.25, -0.2) is 0 Å². The Morgan fingerprint density at radius 3 is 1.90 bits per heavy atom. The molecule has 0 radical (unpaired) electrons. The van der Waals surface area contributed by atoms with Crippen LogP contribution in [0.4, 0.5) is 0 Å². The molecule has 1 aromatic carbocycles. The fourth-order valence-electron chi connectivity index (χ4n) is 3.72. The SMILES string of the molecule is CC(C)(C)CCCCCCc1c(CCCCCC(C)(C)C(=O)O)cc(O)c(O)c1O. The topological polar surface area (TPSA) is 98.0 Å². The van der Waals surface area contributed by atoms with Gasteiger partial charge in [-0.05, 0) is 69.4 Å². The van der Waals surface area contributed by atoms with Crippen molar-refractivity contribution in [3.05, 3.63) is 17.2 Å². The lowest BCUT2D eigenvalue weighted by atomic mass is 9.86. The number of carboxylic acids is 1.